The highest BCUT2D eigenvalue weighted by Gasteiger charge is 2.23. The number of halogens is 1. The van der Waals surface area contributed by atoms with Gasteiger partial charge >= 0.3 is 0 Å². The molecule has 0 saturated carbocycles. The molecule has 1 N–H and O–H groups in total. The molecule has 1 heterocycles. The van der Waals surface area contributed by atoms with E-state index in [1.54, 1.807) is 0 Å². The average Bonchev–Trinajstić information content (AvgIpc) is 2.40. The van der Waals surface area contributed by atoms with Crippen LogP contribution in [0.4, 0.5) is 0 Å². The van der Waals surface area contributed by atoms with Crippen molar-refractivity contribution in [2.24, 2.45) is 0 Å². The van der Waals surface area contributed by atoms with E-state index in [0.29, 0.717) is 0 Å². The quantitative estimate of drug-likeness (QED) is 0.856. The maximum atomic E-state index is 12.2. The van der Waals surface area contributed by atoms with Crippen LogP contribution in [0.5, 0.6) is 0 Å². The molecule has 4 heteroatoms. The molecule has 0 aliphatic carbocycles. The molecule has 1 saturated heterocycles. The minimum Gasteiger partial charge on any atom is -0.339 e. The molecule has 0 spiro atoms. The van der Waals surface area contributed by atoms with Crippen LogP contribution in [0, 0.1) is 0 Å². The average molecular weight is 297 g/mol. The van der Waals surface area contributed by atoms with Gasteiger partial charge in [-0.15, -0.1) is 0 Å². The highest BCUT2D eigenvalue weighted by atomic mass is 79.9. The lowest BCUT2D eigenvalue weighted by Gasteiger charge is -2.29. The van der Waals surface area contributed by atoms with Crippen LogP contribution in [0.25, 0.3) is 0 Å². The molecule has 17 heavy (non-hydrogen) atoms. The Morgan fingerprint density at radius 1 is 1.29 bits per heavy atom. The molecule has 1 atom stereocenters. The van der Waals surface area contributed by atoms with Crippen molar-refractivity contribution in [3.05, 3.63) is 35.9 Å². The van der Waals surface area contributed by atoms with Crippen molar-refractivity contribution in [2.75, 3.05) is 26.2 Å². The molecule has 0 aromatic heterocycles. The first-order valence-electron chi connectivity index (χ1n) is 5.95. The summed E-state index contributed by atoms with van der Waals surface area (Å²) < 4.78 is 0. The second-order valence-corrected chi connectivity index (χ2v) is 5.34. The van der Waals surface area contributed by atoms with E-state index >= 15 is 0 Å². The third-order valence-electron chi connectivity index (χ3n) is 2.95. The molecular formula is C13H17BrN2O. The van der Waals surface area contributed by atoms with Crippen molar-refractivity contribution >= 4 is 21.8 Å². The van der Waals surface area contributed by atoms with Gasteiger partial charge in [-0.2, -0.15) is 0 Å². The Labute approximate surface area is 110 Å². The molecule has 2 rings (SSSR count). The Hall–Kier alpha value is -0.870. The van der Waals surface area contributed by atoms with Crippen LogP contribution in [0.1, 0.15) is 5.56 Å². The largest absolute Gasteiger partial charge is 0.339 e. The Morgan fingerprint density at radius 2 is 1.94 bits per heavy atom. The first-order valence-corrected chi connectivity index (χ1v) is 6.86. The van der Waals surface area contributed by atoms with E-state index < -0.39 is 0 Å². The molecule has 1 aliphatic heterocycles. The first kappa shape index (κ1) is 12.6. The smallest absolute Gasteiger partial charge is 0.236 e. The van der Waals surface area contributed by atoms with Crippen molar-refractivity contribution in [3.8, 4) is 0 Å². The summed E-state index contributed by atoms with van der Waals surface area (Å²) >= 11 is 3.50. The van der Waals surface area contributed by atoms with Crippen molar-refractivity contribution in [1.29, 1.82) is 0 Å². The lowest BCUT2D eigenvalue weighted by atomic mass is 10.1. The number of hydrogen-bond acceptors (Lipinski definition) is 2. The lowest BCUT2D eigenvalue weighted by molar-refractivity contribution is -0.131. The van der Waals surface area contributed by atoms with Crippen LogP contribution in [-0.2, 0) is 11.2 Å². The predicted molar refractivity (Wildman–Crippen MR) is 72.3 cm³/mol. The van der Waals surface area contributed by atoms with Crippen LogP contribution in [0.15, 0.2) is 30.3 Å². The number of carbonyl (C=O) groups excluding carboxylic acids is 1. The number of benzene rings is 1. The van der Waals surface area contributed by atoms with Crippen molar-refractivity contribution in [2.45, 2.75) is 11.2 Å². The minimum atomic E-state index is -0.108. The second-order valence-electron chi connectivity index (χ2n) is 4.23. The summed E-state index contributed by atoms with van der Waals surface area (Å²) in [4.78, 5) is 14.0. The van der Waals surface area contributed by atoms with Gasteiger partial charge in [-0.25, -0.2) is 0 Å². The Morgan fingerprint density at radius 3 is 2.59 bits per heavy atom. The van der Waals surface area contributed by atoms with E-state index in [9.17, 15) is 4.79 Å². The molecule has 1 aromatic carbocycles. The molecule has 1 unspecified atom stereocenters. The van der Waals surface area contributed by atoms with Crippen molar-refractivity contribution in [3.63, 3.8) is 0 Å². The number of nitrogens with zero attached hydrogens (tertiary/aromatic N) is 1. The summed E-state index contributed by atoms with van der Waals surface area (Å²) in [5.41, 5.74) is 1.19. The van der Waals surface area contributed by atoms with Crippen LogP contribution in [-0.4, -0.2) is 41.8 Å². The number of amides is 1. The highest BCUT2D eigenvalue weighted by Crippen LogP contribution is 2.13. The number of piperazine rings is 1. The first-order chi connectivity index (χ1) is 8.27. The number of rotatable bonds is 3. The van der Waals surface area contributed by atoms with Gasteiger partial charge in [0.25, 0.3) is 0 Å². The predicted octanol–water partition coefficient (Wildman–Crippen LogP) is 1.42. The normalized spacial score (nSPS) is 17.8. The van der Waals surface area contributed by atoms with Crippen LogP contribution in [0.3, 0.4) is 0 Å². The van der Waals surface area contributed by atoms with Gasteiger partial charge in [0.1, 0.15) is 0 Å². The molecule has 0 radical (unpaired) electrons. The van der Waals surface area contributed by atoms with E-state index in [-0.39, 0.29) is 10.7 Å². The van der Waals surface area contributed by atoms with E-state index in [4.69, 9.17) is 0 Å². The molecular weight excluding hydrogens is 280 g/mol. The zero-order valence-corrected chi connectivity index (χ0v) is 11.3. The number of alkyl halides is 1. The number of hydrogen-bond donors (Lipinski definition) is 1. The number of carbonyl (C=O) groups is 1. The van der Waals surface area contributed by atoms with Gasteiger partial charge in [0.2, 0.25) is 5.91 Å². The summed E-state index contributed by atoms with van der Waals surface area (Å²) in [6.45, 7) is 3.43. The van der Waals surface area contributed by atoms with E-state index in [1.807, 2.05) is 23.1 Å². The monoisotopic (exact) mass is 296 g/mol. The summed E-state index contributed by atoms with van der Waals surface area (Å²) in [6.07, 6.45) is 0.754. The fourth-order valence-electron chi connectivity index (χ4n) is 1.99. The number of nitrogens with one attached hydrogen (secondary N) is 1. The maximum absolute atomic E-state index is 12.2. The van der Waals surface area contributed by atoms with Gasteiger partial charge in [0.15, 0.2) is 0 Å². The van der Waals surface area contributed by atoms with Gasteiger partial charge < -0.3 is 10.2 Å². The third kappa shape index (κ3) is 3.54. The Bertz CT molecular complexity index is 363. The van der Waals surface area contributed by atoms with Gasteiger partial charge in [-0.05, 0) is 12.0 Å². The third-order valence-corrected chi connectivity index (χ3v) is 3.67. The fourth-order valence-corrected chi connectivity index (χ4v) is 2.66. The molecule has 1 fully saturated rings. The Kier molecular flexibility index (Phi) is 4.57. The molecule has 1 amide bonds. The summed E-state index contributed by atoms with van der Waals surface area (Å²) in [5, 5.41) is 3.25. The standard InChI is InChI=1S/C13H17BrN2O/c14-12(10-11-4-2-1-3-5-11)13(17)16-8-6-15-7-9-16/h1-5,12,15H,6-10H2. The zero-order chi connectivity index (χ0) is 12.1. The van der Waals surface area contributed by atoms with E-state index in [1.165, 1.54) is 5.56 Å². The fraction of sp³-hybridized carbons (Fsp3) is 0.462. The summed E-state index contributed by atoms with van der Waals surface area (Å²) in [7, 11) is 0. The van der Waals surface area contributed by atoms with Gasteiger partial charge in [0.05, 0.1) is 4.83 Å². The van der Waals surface area contributed by atoms with Gasteiger partial charge in [-0.3, -0.25) is 4.79 Å². The van der Waals surface area contributed by atoms with Crippen molar-refractivity contribution in [1.82, 2.24) is 10.2 Å². The SMILES string of the molecule is O=C(C(Br)Cc1ccccc1)N1CCNCC1. The van der Waals surface area contributed by atoms with Crippen LogP contribution < -0.4 is 5.32 Å². The highest BCUT2D eigenvalue weighted by molar-refractivity contribution is 9.10. The topological polar surface area (TPSA) is 32.3 Å². The summed E-state index contributed by atoms with van der Waals surface area (Å²) in [5.74, 6) is 0.204. The molecule has 1 aliphatic rings. The van der Waals surface area contributed by atoms with Crippen molar-refractivity contribution < 1.29 is 4.79 Å². The van der Waals surface area contributed by atoms with E-state index in [2.05, 4.69) is 33.4 Å². The molecule has 1 aromatic rings. The minimum absolute atomic E-state index is 0.108. The van der Waals surface area contributed by atoms with Gasteiger partial charge in [0, 0.05) is 26.2 Å². The molecule has 92 valence electrons. The lowest BCUT2D eigenvalue weighted by Crippen LogP contribution is -2.49. The van der Waals surface area contributed by atoms with Crippen LogP contribution >= 0.6 is 15.9 Å². The zero-order valence-electron chi connectivity index (χ0n) is 9.73. The Balaban J connectivity index is 1.90. The van der Waals surface area contributed by atoms with Crippen LogP contribution in [0.2, 0.25) is 0 Å². The summed E-state index contributed by atoms with van der Waals surface area (Å²) in [6, 6.07) is 10.1. The molecule has 0 bridgehead atoms. The second kappa shape index (κ2) is 6.17. The maximum Gasteiger partial charge on any atom is 0.236 e. The van der Waals surface area contributed by atoms with Gasteiger partial charge in [-0.1, -0.05) is 46.3 Å². The van der Waals surface area contributed by atoms with E-state index in [0.717, 1.165) is 32.6 Å². The molecule has 3 nitrogen and oxygen atoms in total.